The molecule has 1 saturated heterocycles. The van der Waals surface area contributed by atoms with E-state index < -0.39 is 11.7 Å². The largest absolute Gasteiger partial charge is 0.416 e. The van der Waals surface area contributed by atoms with Gasteiger partial charge < -0.3 is 10.2 Å². The summed E-state index contributed by atoms with van der Waals surface area (Å²) in [5, 5.41) is 3.05. The average molecular weight is 444 g/mol. The summed E-state index contributed by atoms with van der Waals surface area (Å²) >= 11 is 0. The van der Waals surface area contributed by atoms with Crippen LogP contribution in [0.4, 0.5) is 13.2 Å². The number of nitrogens with one attached hydrogen (secondary N) is 1. The summed E-state index contributed by atoms with van der Waals surface area (Å²) in [6, 6.07) is 14.5. The molecule has 32 heavy (non-hydrogen) atoms. The predicted octanol–water partition coefficient (Wildman–Crippen LogP) is 4.70. The van der Waals surface area contributed by atoms with Crippen molar-refractivity contribution in [2.45, 2.75) is 38.3 Å². The zero-order valence-corrected chi connectivity index (χ0v) is 17.8. The smallest absolute Gasteiger partial charge is 0.356 e. The van der Waals surface area contributed by atoms with E-state index in [-0.39, 0.29) is 28.7 Å². The topological polar surface area (TPSA) is 49.4 Å². The molecule has 2 aliphatic rings. The van der Waals surface area contributed by atoms with Crippen molar-refractivity contribution in [3.05, 3.63) is 71.3 Å². The van der Waals surface area contributed by atoms with Crippen LogP contribution in [0.15, 0.2) is 54.6 Å². The van der Waals surface area contributed by atoms with E-state index in [1.165, 1.54) is 17.7 Å². The molecule has 1 aliphatic heterocycles. The zero-order valence-electron chi connectivity index (χ0n) is 17.8. The maximum absolute atomic E-state index is 12.7. The van der Waals surface area contributed by atoms with Gasteiger partial charge in [-0.2, -0.15) is 13.2 Å². The van der Waals surface area contributed by atoms with Gasteiger partial charge in [-0.3, -0.25) is 9.59 Å². The number of piperidine rings is 1. The molecule has 1 saturated carbocycles. The Morgan fingerprint density at radius 3 is 2.28 bits per heavy atom. The maximum atomic E-state index is 12.7. The fraction of sp³-hybridized carbons (Fsp3) is 0.440. The number of aryl methyl sites for hydroxylation is 1. The van der Waals surface area contributed by atoms with Crippen LogP contribution >= 0.6 is 0 Å². The van der Waals surface area contributed by atoms with Crippen LogP contribution in [0, 0.1) is 11.3 Å². The number of carbonyl (C=O) groups excluding carboxylic acids is 2. The Kier molecular flexibility index (Phi) is 6.26. The summed E-state index contributed by atoms with van der Waals surface area (Å²) in [6.45, 7) is 1.70. The van der Waals surface area contributed by atoms with E-state index in [4.69, 9.17) is 0 Å². The van der Waals surface area contributed by atoms with Crippen molar-refractivity contribution in [3.8, 4) is 0 Å². The second-order valence-corrected chi connectivity index (χ2v) is 8.87. The lowest BCUT2D eigenvalue weighted by atomic mass is 9.90. The first-order chi connectivity index (χ1) is 15.3. The fourth-order valence-electron chi connectivity index (χ4n) is 4.68. The molecule has 1 spiro atoms. The Morgan fingerprint density at radius 1 is 1.00 bits per heavy atom. The number of alkyl halides is 3. The van der Waals surface area contributed by atoms with Gasteiger partial charge in [0.15, 0.2) is 0 Å². The van der Waals surface area contributed by atoms with Gasteiger partial charge in [0.2, 0.25) is 5.91 Å². The van der Waals surface area contributed by atoms with Crippen molar-refractivity contribution in [3.63, 3.8) is 0 Å². The number of rotatable bonds is 6. The van der Waals surface area contributed by atoms with E-state index >= 15 is 0 Å². The predicted molar refractivity (Wildman–Crippen MR) is 115 cm³/mol. The first kappa shape index (κ1) is 22.4. The second kappa shape index (κ2) is 8.96. The number of halogens is 3. The highest BCUT2D eigenvalue weighted by atomic mass is 19.4. The highest BCUT2D eigenvalue weighted by molar-refractivity contribution is 5.94. The molecule has 4 nitrogen and oxygen atoms in total. The van der Waals surface area contributed by atoms with Crippen molar-refractivity contribution in [1.82, 2.24) is 10.2 Å². The molecule has 4 rings (SSSR count). The van der Waals surface area contributed by atoms with Gasteiger partial charge >= 0.3 is 6.18 Å². The molecule has 0 radical (unpaired) electrons. The Labute approximate surface area is 185 Å². The Morgan fingerprint density at radius 2 is 1.66 bits per heavy atom. The van der Waals surface area contributed by atoms with Crippen molar-refractivity contribution < 1.29 is 22.8 Å². The number of hydrogen-bond acceptors (Lipinski definition) is 2. The van der Waals surface area contributed by atoms with Crippen molar-refractivity contribution >= 4 is 11.8 Å². The van der Waals surface area contributed by atoms with Crippen molar-refractivity contribution in [1.29, 1.82) is 0 Å². The minimum absolute atomic E-state index is 0.00236. The molecule has 1 atom stereocenters. The SMILES string of the molecule is O=C(NCCCc1ccccc1)[C@H]1CC12CCN(C(=O)c1ccc(C(F)(F)F)cc1)CC2. The molecule has 1 N–H and O–H groups in total. The summed E-state index contributed by atoms with van der Waals surface area (Å²) in [5.41, 5.74) is 0.731. The normalized spacial score (nSPS) is 19.6. The standard InChI is InChI=1S/C25H27F3N2O2/c26-25(27,28)20-10-8-19(9-11-20)23(32)30-15-12-24(13-16-30)17-21(24)22(31)29-14-4-7-18-5-2-1-3-6-18/h1-3,5-6,8-11,21H,4,7,12-17H2,(H,29,31)/t21-/m1/s1. The van der Waals surface area contributed by atoms with Crippen LogP contribution in [0.3, 0.4) is 0 Å². The highest BCUT2D eigenvalue weighted by Gasteiger charge is 2.58. The molecule has 1 aliphatic carbocycles. The van der Waals surface area contributed by atoms with Crippen LogP contribution in [0.25, 0.3) is 0 Å². The minimum Gasteiger partial charge on any atom is -0.356 e. The quantitative estimate of drug-likeness (QED) is 0.657. The Hall–Kier alpha value is -2.83. The third-order valence-electron chi connectivity index (χ3n) is 6.80. The summed E-state index contributed by atoms with van der Waals surface area (Å²) < 4.78 is 38.2. The van der Waals surface area contributed by atoms with Crippen molar-refractivity contribution in [2.24, 2.45) is 11.3 Å². The second-order valence-electron chi connectivity index (χ2n) is 8.87. The molecule has 0 unspecified atom stereocenters. The fourth-order valence-corrected chi connectivity index (χ4v) is 4.68. The van der Waals surface area contributed by atoms with Gasteiger partial charge in [-0.15, -0.1) is 0 Å². The van der Waals surface area contributed by atoms with E-state index in [0.29, 0.717) is 19.6 Å². The molecule has 7 heteroatoms. The number of likely N-dealkylation sites (tertiary alicyclic amines) is 1. The summed E-state index contributed by atoms with van der Waals surface area (Å²) in [7, 11) is 0. The molecular weight excluding hydrogens is 417 g/mol. The van der Waals surface area contributed by atoms with Crippen molar-refractivity contribution in [2.75, 3.05) is 19.6 Å². The summed E-state index contributed by atoms with van der Waals surface area (Å²) in [5.74, 6) is -0.153. The molecule has 2 aromatic carbocycles. The lowest BCUT2D eigenvalue weighted by Crippen LogP contribution is -2.40. The lowest BCUT2D eigenvalue weighted by molar-refractivity contribution is -0.137. The van der Waals surface area contributed by atoms with Crippen LogP contribution in [0.2, 0.25) is 0 Å². The van der Waals surface area contributed by atoms with E-state index in [1.807, 2.05) is 18.2 Å². The summed E-state index contributed by atoms with van der Waals surface area (Å²) in [6.07, 6.45) is -0.242. The number of amides is 2. The highest BCUT2D eigenvalue weighted by Crippen LogP contribution is 2.59. The van der Waals surface area contributed by atoms with Gasteiger partial charge in [0.1, 0.15) is 0 Å². The van der Waals surface area contributed by atoms with Crippen LogP contribution < -0.4 is 5.32 Å². The molecule has 2 fully saturated rings. The number of hydrogen-bond donors (Lipinski definition) is 1. The number of carbonyl (C=O) groups is 2. The first-order valence-electron chi connectivity index (χ1n) is 11.1. The van der Waals surface area contributed by atoms with Gasteiger partial charge in [-0.25, -0.2) is 0 Å². The number of benzene rings is 2. The Bertz CT molecular complexity index is 949. The molecule has 0 aromatic heterocycles. The zero-order chi connectivity index (χ0) is 22.8. The monoisotopic (exact) mass is 444 g/mol. The molecule has 2 amide bonds. The number of nitrogens with zero attached hydrogens (tertiary/aromatic N) is 1. The molecular formula is C25H27F3N2O2. The van der Waals surface area contributed by atoms with E-state index in [9.17, 15) is 22.8 Å². The van der Waals surface area contributed by atoms with Crippen LogP contribution in [-0.2, 0) is 17.4 Å². The summed E-state index contributed by atoms with van der Waals surface area (Å²) in [4.78, 5) is 26.9. The van der Waals surface area contributed by atoms with E-state index in [2.05, 4.69) is 17.4 Å². The third-order valence-corrected chi connectivity index (χ3v) is 6.80. The molecule has 1 heterocycles. The van der Waals surface area contributed by atoms with Crippen LogP contribution in [0.1, 0.15) is 47.2 Å². The van der Waals surface area contributed by atoms with Crippen LogP contribution in [0.5, 0.6) is 0 Å². The average Bonchev–Trinajstić information content (AvgIpc) is 3.50. The Balaban J connectivity index is 1.21. The minimum atomic E-state index is -4.41. The van der Waals surface area contributed by atoms with Gasteiger partial charge in [0, 0.05) is 31.1 Å². The molecule has 2 aromatic rings. The first-order valence-corrected chi connectivity index (χ1v) is 11.1. The lowest BCUT2D eigenvalue weighted by Gasteiger charge is -2.33. The molecule has 0 bridgehead atoms. The maximum Gasteiger partial charge on any atom is 0.416 e. The van der Waals surface area contributed by atoms with Gasteiger partial charge in [-0.05, 0) is 67.3 Å². The van der Waals surface area contributed by atoms with Crippen LogP contribution in [-0.4, -0.2) is 36.3 Å². The van der Waals surface area contributed by atoms with Gasteiger partial charge in [-0.1, -0.05) is 30.3 Å². The van der Waals surface area contributed by atoms with E-state index in [1.54, 1.807) is 4.90 Å². The molecule has 170 valence electrons. The van der Waals surface area contributed by atoms with Gasteiger partial charge in [0.25, 0.3) is 5.91 Å². The van der Waals surface area contributed by atoms with Gasteiger partial charge in [0.05, 0.1) is 5.56 Å². The van der Waals surface area contributed by atoms with E-state index in [0.717, 1.165) is 44.2 Å². The third kappa shape index (κ3) is 4.97.